The second-order valence-electron chi connectivity index (χ2n) is 7.54. The minimum Gasteiger partial charge on any atom is -0.491 e. The van der Waals surface area contributed by atoms with Crippen LogP contribution in [0.25, 0.3) is 0 Å². The summed E-state index contributed by atoms with van der Waals surface area (Å²) < 4.78 is 11.1. The molecule has 1 amide bonds. The van der Waals surface area contributed by atoms with Crippen molar-refractivity contribution in [3.05, 3.63) is 29.8 Å². The molecule has 7 nitrogen and oxygen atoms in total. The predicted molar refractivity (Wildman–Crippen MR) is 107 cm³/mol. The first-order chi connectivity index (χ1) is 13.7. The average Bonchev–Trinajstić information content (AvgIpc) is 3.12. The highest BCUT2D eigenvalue weighted by molar-refractivity contribution is 5.77. The van der Waals surface area contributed by atoms with E-state index >= 15 is 0 Å². The third-order valence-corrected chi connectivity index (χ3v) is 5.20. The third kappa shape index (κ3) is 7.05. The Balaban J connectivity index is 1.31. The Morgan fingerprint density at radius 2 is 2.11 bits per heavy atom. The molecule has 2 aliphatic rings. The highest BCUT2D eigenvalue weighted by Gasteiger charge is 2.19. The molecule has 2 N–H and O–H groups in total. The molecule has 0 radical (unpaired) electrons. The molecular weight excluding hydrogens is 358 g/mol. The molecule has 1 atom stereocenters. The molecule has 0 spiro atoms. The number of morpholine rings is 1. The SMILES string of the molecule is O=C1CCCN1CCCNCc1cccc(OC[C@@H](O)CN2CCOCC2)c1. The van der Waals surface area contributed by atoms with Crippen molar-refractivity contribution in [2.75, 3.05) is 59.1 Å². The Morgan fingerprint density at radius 3 is 2.89 bits per heavy atom. The van der Waals surface area contributed by atoms with Crippen molar-refractivity contribution in [1.29, 1.82) is 0 Å². The summed E-state index contributed by atoms with van der Waals surface area (Å²) in [6.45, 7) is 7.50. The van der Waals surface area contributed by atoms with E-state index in [1.807, 2.05) is 23.1 Å². The third-order valence-electron chi connectivity index (χ3n) is 5.20. The highest BCUT2D eigenvalue weighted by Crippen LogP contribution is 2.14. The van der Waals surface area contributed by atoms with E-state index < -0.39 is 6.10 Å². The Kier molecular flexibility index (Phi) is 8.54. The number of hydrogen-bond donors (Lipinski definition) is 2. The van der Waals surface area contributed by atoms with Crippen molar-refractivity contribution in [3.8, 4) is 5.75 Å². The van der Waals surface area contributed by atoms with Crippen LogP contribution in [0.5, 0.6) is 5.75 Å². The van der Waals surface area contributed by atoms with Crippen molar-refractivity contribution >= 4 is 5.91 Å². The van der Waals surface area contributed by atoms with E-state index in [1.165, 1.54) is 0 Å². The summed E-state index contributed by atoms with van der Waals surface area (Å²) in [5.41, 5.74) is 1.15. The van der Waals surface area contributed by atoms with Gasteiger partial charge in [-0.2, -0.15) is 0 Å². The van der Waals surface area contributed by atoms with E-state index in [9.17, 15) is 9.90 Å². The number of carbonyl (C=O) groups is 1. The van der Waals surface area contributed by atoms with Crippen LogP contribution in [-0.2, 0) is 16.1 Å². The largest absolute Gasteiger partial charge is 0.491 e. The first kappa shape index (κ1) is 21.0. The van der Waals surface area contributed by atoms with E-state index in [0.717, 1.165) is 76.6 Å². The van der Waals surface area contributed by atoms with Gasteiger partial charge in [-0.15, -0.1) is 0 Å². The zero-order valence-corrected chi connectivity index (χ0v) is 16.6. The van der Waals surface area contributed by atoms with E-state index in [2.05, 4.69) is 16.3 Å². The van der Waals surface area contributed by atoms with Gasteiger partial charge in [-0.25, -0.2) is 0 Å². The molecule has 2 heterocycles. The van der Waals surface area contributed by atoms with Gasteiger partial charge in [0.15, 0.2) is 0 Å². The van der Waals surface area contributed by atoms with Crippen LogP contribution in [0.2, 0.25) is 0 Å². The number of ether oxygens (including phenoxy) is 2. The molecule has 0 aromatic heterocycles. The lowest BCUT2D eigenvalue weighted by Crippen LogP contribution is -2.42. The second kappa shape index (κ2) is 11.4. The number of nitrogens with one attached hydrogen (secondary N) is 1. The first-order valence-electron chi connectivity index (χ1n) is 10.4. The van der Waals surface area contributed by atoms with Gasteiger partial charge in [-0.05, 0) is 37.1 Å². The topological polar surface area (TPSA) is 74.3 Å². The van der Waals surface area contributed by atoms with E-state index in [-0.39, 0.29) is 6.61 Å². The second-order valence-corrected chi connectivity index (χ2v) is 7.54. The van der Waals surface area contributed by atoms with Crippen LogP contribution in [0.3, 0.4) is 0 Å². The Hall–Kier alpha value is -1.67. The number of nitrogens with zero attached hydrogens (tertiary/aromatic N) is 2. The Bertz CT molecular complexity index is 607. The Morgan fingerprint density at radius 1 is 1.25 bits per heavy atom. The number of rotatable bonds is 11. The van der Waals surface area contributed by atoms with Gasteiger partial charge in [0.2, 0.25) is 5.91 Å². The maximum absolute atomic E-state index is 11.6. The van der Waals surface area contributed by atoms with Crippen molar-refractivity contribution in [1.82, 2.24) is 15.1 Å². The molecule has 7 heteroatoms. The number of amides is 1. The molecule has 156 valence electrons. The van der Waals surface area contributed by atoms with Gasteiger partial charge in [-0.1, -0.05) is 12.1 Å². The van der Waals surface area contributed by atoms with Crippen LogP contribution >= 0.6 is 0 Å². The Labute approximate surface area is 167 Å². The summed E-state index contributed by atoms with van der Waals surface area (Å²) in [6.07, 6.45) is 2.17. The lowest BCUT2D eigenvalue weighted by atomic mass is 10.2. The standard InChI is InChI=1S/C21H33N3O4/c25-19(16-23-10-12-27-13-11-23)17-28-20-5-1-4-18(14-20)15-22-7-3-9-24-8-2-6-21(24)26/h1,4-5,14,19,22,25H,2-3,6-13,15-17H2/t19-/m0/s1. The molecule has 0 bridgehead atoms. The number of hydrogen-bond acceptors (Lipinski definition) is 6. The number of aliphatic hydroxyl groups is 1. The van der Waals surface area contributed by atoms with Crippen molar-refractivity contribution in [2.24, 2.45) is 0 Å². The first-order valence-corrected chi connectivity index (χ1v) is 10.4. The normalized spacial score (nSPS) is 19.2. The van der Waals surface area contributed by atoms with Crippen molar-refractivity contribution in [2.45, 2.75) is 31.9 Å². The molecule has 2 fully saturated rings. The van der Waals surface area contributed by atoms with Crippen LogP contribution in [0.4, 0.5) is 0 Å². The van der Waals surface area contributed by atoms with Crippen molar-refractivity contribution in [3.63, 3.8) is 0 Å². The molecule has 0 saturated carbocycles. The number of likely N-dealkylation sites (tertiary alicyclic amines) is 1. The fourth-order valence-electron chi connectivity index (χ4n) is 3.64. The predicted octanol–water partition coefficient (Wildman–Crippen LogP) is 0.861. The number of β-amino-alcohol motifs (C(OH)–C–C–N with tert-alkyl or cyclic N) is 1. The van der Waals surface area contributed by atoms with E-state index in [0.29, 0.717) is 18.9 Å². The molecule has 1 aromatic rings. The molecular formula is C21H33N3O4. The van der Waals surface area contributed by atoms with Crippen molar-refractivity contribution < 1.29 is 19.4 Å². The molecule has 1 aromatic carbocycles. The maximum Gasteiger partial charge on any atom is 0.222 e. The monoisotopic (exact) mass is 391 g/mol. The molecule has 2 saturated heterocycles. The number of benzene rings is 1. The molecule has 2 aliphatic heterocycles. The van der Waals surface area contributed by atoms with E-state index in [4.69, 9.17) is 9.47 Å². The maximum atomic E-state index is 11.6. The minimum absolute atomic E-state index is 0.290. The van der Waals surface area contributed by atoms with Gasteiger partial charge in [0.1, 0.15) is 18.5 Å². The highest BCUT2D eigenvalue weighted by atomic mass is 16.5. The summed E-state index contributed by atoms with van der Waals surface area (Å²) >= 11 is 0. The number of aliphatic hydroxyl groups excluding tert-OH is 1. The fraction of sp³-hybridized carbons (Fsp3) is 0.667. The molecule has 3 rings (SSSR count). The van der Waals surface area contributed by atoms with Crippen LogP contribution in [0.1, 0.15) is 24.8 Å². The summed E-state index contributed by atoms with van der Waals surface area (Å²) in [7, 11) is 0. The summed E-state index contributed by atoms with van der Waals surface area (Å²) in [6, 6.07) is 7.97. The van der Waals surface area contributed by atoms with Crippen LogP contribution < -0.4 is 10.1 Å². The van der Waals surface area contributed by atoms with Gasteiger partial charge in [0, 0.05) is 45.7 Å². The minimum atomic E-state index is -0.506. The summed E-state index contributed by atoms with van der Waals surface area (Å²) in [5, 5.41) is 13.6. The van der Waals surface area contributed by atoms with Gasteiger partial charge in [0.05, 0.1) is 13.2 Å². The lowest BCUT2D eigenvalue weighted by molar-refractivity contribution is -0.127. The zero-order valence-electron chi connectivity index (χ0n) is 16.6. The lowest BCUT2D eigenvalue weighted by Gasteiger charge is -2.28. The van der Waals surface area contributed by atoms with Gasteiger partial charge >= 0.3 is 0 Å². The van der Waals surface area contributed by atoms with Gasteiger partial charge in [0.25, 0.3) is 0 Å². The van der Waals surface area contributed by atoms with E-state index in [1.54, 1.807) is 0 Å². The van der Waals surface area contributed by atoms with Gasteiger partial charge < -0.3 is 24.8 Å². The summed E-state index contributed by atoms with van der Waals surface area (Å²) in [4.78, 5) is 15.7. The average molecular weight is 392 g/mol. The molecule has 0 aliphatic carbocycles. The molecule has 28 heavy (non-hydrogen) atoms. The number of carbonyl (C=O) groups excluding carboxylic acids is 1. The smallest absolute Gasteiger partial charge is 0.222 e. The quantitative estimate of drug-likeness (QED) is 0.545. The van der Waals surface area contributed by atoms with Gasteiger partial charge in [-0.3, -0.25) is 9.69 Å². The van der Waals surface area contributed by atoms with Crippen LogP contribution in [0, 0.1) is 0 Å². The fourth-order valence-corrected chi connectivity index (χ4v) is 3.64. The van der Waals surface area contributed by atoms with Crippen LogP contribution in [-0.4, -0.2) is 86.0 Å². The zero-order chi connectivity index (χ0) is 19.6. The summed E-state index contributed by atoms with van der Waals surface area (Å²) in [5.74, 6) is 1.07. The molecule has 0 unspecified atom stereocenters. The van der Waals surface area contributed by atoms with Crippen LogP contribution in [0.15, 0.2) is 24.3 Å².